The highest BCUT2D eigenvalue weighted by atomic mass is 32.2. The van der Waals surface area contributed by atoms with Crippen molar-refractivity contribution in [2.75, 3.05) is 6.54 Å². The van der Waals surface area contributed by atoms with Gasteiger partial charge in [-0.15, -0.1) is 0 Å². The first-order valence-corrected chi connectivity index (χ1v) is 11.2. The maximum absolute atomic E-state index is 14.2. The number of hydrogen-bond acceptors (Lipinski definition) is 3. The van der Waals surface area contributed by atoms with Gasteiger partial charge in [0.1, 0.15) is 11.6 Å². The van der Waals surface area contributed by atoms with Crippen molar-refractivity contribution < 1.29 is 22.3 Å². The van der Waals surface area contributed by atoms with Crippen LogP contribution in [0.3, 0.4) is 0 Å². The van der Waals surface area contributed by atoms with Gasteiger partial charge in [-0.05, 0) is 48.2 Å². The number of benzene rings is 2. The van der Waals surface area contributed by atoms with Crippen LogP contribution in [0.5, 0.6) is 11.5 Å². The molecule has 3 rings (SSSR count). The van der Waals surface area contributed by atoms with E-state index in [1.807, 2.05) is 13.0 Å². The predicted octanol–water partition coefficient (Wildman–Crippen LogP) is 4.34. The molecule has 2 N–H and O–H groups in total. The topological polar surface area (TPSA) is 80.6 Å². The molecular formula is C23H24F2N2O4S. The first-order chi connectivity index (χ1) is 15.3. The fourth-order valence-corrected chi connectivity index (χ4v) is 3.66. The van der Waals surface area contributed by atoms with Crippen LogP contribution >= 0.6 is 0 Å². The average molecular weight is 463 g/mol. The summed E-state index contributed by atoms with van der Waals surface area (Å²) in [5.74, 6) is -1.32. The summed E-state index contributed by atoms with van der Waals surface area (Å²) in [6, 6.07) is 9.94. The van der Waals surface area contributed by atoms with Crippen LogP contribution in [0.15, 0.2) is 53.5 Å². The monoisotopic (exact) mass is 462 g/mol. The Balaban J connectivity index is 2.10. The normalized spacial score (nSPS) is 12.0. The third-order valence-corrected chi connectivity index (χ3v) is 5.37. The van der Waals surface area contributed by atoms with Gasteiger partial charge in [-0.3, -0.25) is 9.35 Å². The van der Waals surface area contributed by atoms with Crippen molar-refractivity contribution in [1.29, 1.82) is 0 Å². The largest absolute Gasteiger partial charge is 0.454 e. The van der Waals surface area contributed by atoms with Crippen molar-refractivity contribution in [3.8, 4) is 22.6 Å². The van der Waals surface area contributed by atoms with Crippen LogP contribution < -0.4 is 15.0 Å². The molecule has 0 aliphatic rings. The summed E-state index contributed by atoms with van der Waals surface area (Å²) in [5, 5.41) is 0. The number of aryl methyl sites for hydroxylation is 2. The van der Waals surface area contributed by atoms with Crippen molar-refractivity contribution in [3.05, 3.63) is 81.8 Å². The number of rotatable bonds is 9. The van der Waals surface area contributed by atoms with Crippen molar-refractivity contribution in [2.45, 2.75) is 26.2 Å². The van der Waals surface area contributed by atoms with Crippen LogP contribution in [0.2, 0.25) is 0 Å². The molecule has 0 amide bonds. The molecule has 0 fully saturated rings. The quantitative estimate of drug-likeness (QED) is 0.464. The van der Waals surface area contributed by atoms with Gasteiger partial charge >= 0.3 is 0 Å². The molecule has 0 saturated heterocycles. The van der Waals surface area contributed by atoms with E-state index in [0.717, 1.165) is 35.2 Å². The molecule has 2 aromatic carbocycles. The van der Waals surface area contributed by atoms with Gasteiger partial charge in [0.25, 0.3) is 5.56 Å². The highest BCUT2D eigenvalue weighted by molar-refractivity contribution is 7.77. The highest BCUT2D eigenvalue weighted by Crippen LogP contribution is 2.37. The van der Waals surface area contributed by atoms with Crippen LogP contribution in [-0.2, 0) is 31.2 Å². The van der Waals surface area contributed by atoms with Gasteiger partial charge < -0.3 is 9.30 Å². The van der Waals surface area contributed by atoms with Crippen molar-refractivity contribution in [2.24, 2.45) is 7.05 Å². The summed E-state index contributed by atoms with van der Waals surface area (Å²) < 4.78 is 57.0. The maximum atomic E-state index is 14.2. The highest BCUT2D eigenvalue weighted by Gasteiger charge is 2.16. The third kappa shape index (κ3) is 5.87. The molecule has 6 nitrogen and oxygen atoms in total. The Morgan fingerprint density at radius 1 is 1.06 bits per heavy atom. The number of aromatic nitrogens is 1. The summed E-state index contributed by atoms with van der Waals surface area (Å²) in [5.41, 5.74) is 2.92. The SMILES string of the molecule is CCCc1cc(=O)n(C)cc1-c1cc(CCNS(=O)O)ccc1Oc1ccc(F)cc1F. The van der Waals surface area contributed by atoms with Crippen molar-refractivity contribution in [3.63, 3.8) is 0 Å². The Hall–Kier alpha value is -2.88. The Morgan fingerprint density at radius 3 is 2.50 bits per heavy atom. The van der Waals surface area contributed by atoms with Crippen LogP contribution in [0, 0.1) is 11.6 Å². The molecule has 0 aliphatic carbocycles. The zero-order chi connectivity index (χ0) is 23.3. The molecule has 0 spiro atoms. The van der Waals surface area contributed by atoms with E-state index in [4.69, 9.17) is 9.29 Å². The minimum absolute atomic E-state index is 0.125. The van der Waals surface area contributed by atoms with Gasteiger partial charge in [-0.25, -0.2) is 17.7 Å². The second-order valence-electron chi connectivity index (χ2n) is 7.31. The second-order valence-corrected chi connectivity index (χ2v) is 8.10. The molecule has 0 radical (unpaired) electrons. The summed E-state index contributed by atoms with van der Waals surface area (Å²) in [6.07, 6.45) is 3.64. The van der Waals surface area contributed by atoms with E-state index in [1.165, 1.54) is 10.6 Å². The van der Waals surface area contributed by atoms with Gasteiger partial charge in [-0.1, -0.05) is 19.4 Å². The van der Waals surface area contributed by atoms with Gasteiger partial charge in [0.15, 0.2) is 11.6 Å². The Bertz CT molecular complexity index is 1200. The lowest BCUT2D eigenvalue weighted by Crippen LogP contribution is -2.19. The summed E-state index contributed by atoms with van der Waals surface area (Å²) in [6.45, 7) is 2.27. The average Bonchev–Trinajstić information content (AvgIpc) is 2.73. The van der Waals surface area contributed by atoms with Gasteiger partial charge in [-0.2, -0.15) is 0 Å². The molecule has 1 heterocycles. The van der Waals surface area contributed by atoms with Crippen LogP contribution in [0.25, 0.3) is 11.1 Å². The molecule has 1 aromatic heterocycles. The van der Waals surface area contributed by atoms with Crippen molar-refractivity contribution in [1.82, 2.24) is 9.29 Å². The fourth-order valence-electron chi connectivity index (χ4n) is 3.38. The Kier molecular flexibility index (Phi) is 7.89. The molecule has 0 aliphatic heterocycles. The zero-order valence-corrected chi connectivity index (χ0v) is 18.5. The van der Waals surface area contributed by atoms with Gasteiger partial charge in [0.05, 0.1) is 0 Å². The minimum atomic E-state index is -2.11. The standard InChI is InChI=1S/C23H24F2N2O4S/c1-3-4-16-12-23(28)27(2)14-19(16)18-11-15(9-10-26-32(29)30)5-7-21(18)31-22-8-6-17(24)13-20(22)25/h5-8,11-14,26H,3-4,9-10H2,1-2H3,(H,29,30). The third-order valence-electron chi connectivity index (χ3n) is 4.92. The van der Waals surface area contributed by atoms with E-state index >= 15 is 0 Å². The number of nitrogens with one attached hydrogen (secondary N) is 1. The Morgan fingerprint density at radius 2 is 1.81 bits per heavy atom. The van der Waals surface area contributed by atoms with Crippen LogP contribution in [0.4, 0.5) is 8.78 Å². The molecular weight excluding hydrogens is 438 g/mol. The van der Waals surface area contributed by atoms with Crippen LogP contribution in [0.1, 0.15) is 24.5 Å². The molecule has 0 saturated carbocycles. The Labute approximate surface area is 187 Å². The number of nitrogens with zero attached hydrogens (tertiary/aromatic N) is 1. The fraction of sp³-hybridized carbons (Fsp3) is 0.261. The van der Waals surface area contributed by atoms with Gasteiger partial charge in [0, 0.05) is 43.0 Å². The lowest BCUT2D eigenvalue weighted by atomic mass is 9.96. The molecule has 1 atom stereocenters. The van der Waals surface area contributed by atoms with Gasteiger partial charge in [0.2, 0.25) is 11.3 Å². The maximum Gasteiger partial charge on any atom is 0.250 e. The predicted molar refractivity (Wildman–Crippen MR) is 120 cm³/mol. The van der Waals surface area contributed by atoms with E-state index in [1.54, 1.807) is 31.4 Å². The molecule has 32 heavy (non-hydrogen) atoms. The van der Waals surface area contributed by atoms with E-state index in [2.05, 4.69) is 4.72 Å². The second kappa shape index (κ2) is 10.6. The number of halogens is 2. The first-order valence-electron chi connectivity index (χ1n) is 10.1. The van der Waals surface area contributed by atoms with Crippen molar-refractivity contribution >= 4 is 11.3 Å². The minimum Gasteiger partial charge on any atom is -0.454 e. The molecule has 1 unspecified atom stereocenters. The number of pyridine rings is 1. The zero-order valence-electron chi connectivity index (χ0n) is 17.7. The number of ether oxygens (including phenoxy) is 1. The summed E-state index contributed by atoms with van der Waals surface area (Å²) in [4.78, 5) is 12.2. The molecule has 0 bridgehead atoms. The lowest BCUT2D eigenvalue weighted by Gasteiger charge is -2.17. The number of hydrogen-bond donors (Lipinski definition) is 2. The summed E-state index contributed by atoms with van der Waals surface area (Å²) >= 11 is -2.11. The van der Waals surface area contributed by atoms with Crippen LogP contribution in [-0.4, -0.2) is 19.9 Å². The molecule has 9 heteroatoms. The lowest BCUT2D eigenvalue weighted by molar-refractivity contribution is 0.439. The van der Waals surface area contributed by atoms with E-state index < -0.39 is 22.9 Å². The summed E-state index contributed by atoms with van der Waals surface area (Å²) in [7, 11) is 1.64. The van der Waals surface area contributed by atoms with E-state index in [9.17, 15) is 17.8 Å². The smallest absolute Gasteiger partial charge is 0.250 e. The first kappa shape index (κ1) is 23.8. The molecule has 3 aromatic rings. The molecule has 170 valence electrons. The van der Waals surface area contributed by atoms with E-state index in [0.29, 0.717) is 24.2 Å². The van der Waals surface area contributed by atoms with E-state index in [-0.39, 0.29) is 17.9 Å².